The number of aromatic nitrogens is 2. The van der Waals surface area contributed by atoms with Crippen molar-refractivity contribution in [1.29, 1.82) is 0 Å². The van der Waals surface area contributed by atoms with Crippen LogP contribution < -0.4 is 0 Å². The fraction of sp³-hybridized carbons (Fsp3) is 0.636. The average molecular weight is 210 g/mol. The minimum atomic E-state index is -0.293. The summed E-state index contributed by atoms with van der Waals surface area (Å²) in [4.78, 5) is 11.7. The van der Waals surface area contributed by atoms with Gasteiger partial charge in [-0.2, -0.15) is 5.10 Å². The van der Waals surface area contributed by atoms with Gasteiger partial charge < -0.3 is 4.74 Å². The zero-order valence-corrected chi connectivity index (χ0v) is 9.78. The summed E-state index contributed by atoms with van der Waals surface area (Å²) < 4.78 is 6.76. The minimum Gasteiger partial charge on any atom is -0.464 e. The molecule has 0 saturated heterocycles. The predicted molar refractivity (Wildman–Crippen MR) is 57.7 cm³/mol. The van der Waals surface area contributed by atoms with E-state index in [-0.39, 0.29) is 12.0 Å². The fourth-order valence-corrected chi connectivity index (χ4v) is 1.64. The zero-order chi connectivity index (χ0) is 11.4. The van der Waals surface area contributed by atoms with Crippen LogP contribution in [0.4, 0.5) is 0 Å². The molecule has 0 N–H and O–H groups in total. The van der Waals surface area contributed by atoms with E-state index in [9.17, 15) is 4.79 Å². The maximum Gasteiger partial charge on any atom is 0.330 e. The first-order chi connectivity index (χ1) is 7.10. The second-order valence-corrected chi connectivity index (χ2v) is 3.55. The van der Waals surface area contributed by atoms with Crippen molar-refractivity contribution in [3.05, 3.63) is 17.5 Å². The number of carbonyl (C=O) groups excluding carboxylic acids is 1. The van der Waals surface area contributed by atoms with Crippen molar-refractivity contribution in [2.45, 2.75) is 40.2 Å². The number of aryl methyl sites for hydroxylation is 2. The molecular formula is C11H18N2O2. The topological polar surface area (TPSA) is 44.1 Å². The molecule has 0 amide bonds. The quantitative estimate of drug-likeness (QED) is 0.714. The van der Waals surface area contributed by atoms with Gasteiger partial charge in [-0.1, -0.05) is 6.92 Å². The van der Waals surface area contributed by atoms with E-state index in [4.69, 9.17) is 4.74 Å². The Morgan fingerprint density at radius 2 is 2.20 bits per heavy atom. The molecule has 4 nitrogen and oxygen atoms in total. The Morgan fingerprint density at radius 1 is 1.53 bits per heavy atom. The lowest BCUT2D eigenvalue weighted by molar-refractivity contribution is -0.147. The van der Waals surface area contributed by atoms with Crippen LogP contribution in [0.5, 0.6) is 0 Å². The lowest BCUT2D eigenvalue weighted by Crippen LogP contribution is -2.23. The van der Waals surface area contributed by atoms with Crippen LogP contribution >= 0.6 is 0 Å². The van der Waals surface area contributed by atoms with Crippen LogP contribution in [0.1, 0.15) is 37.7 Å². The van der Waals surface area contributed by atoms with Crippen LogP contribution in [-0.2, 0) is 9.53 Å². The predicted octanol–water partition coefficient (Wildman–Crippen LogP) is 2.01. The van der Waals surface area contributed by atoms with Gasteiger partial charge in [0.15, 0.2) is 0 Å². The van der Waals surface area contributed by atoms with Crippen molar-refractivity contribution in [2.75, 3.05) is 6.61 Å². The highest BCUT2D eigenvalue weighted by atomic mass is 16.5. The highest BCUT2D eigenvalue weighted by Crippen LogP contribution is 2.16. The molecule has 1 rings (SSSR count). The molecule has 0 aliphatic heterocycles. The van der Waals surface area contributed by atoms with E-state index in [0.29, 0.717) is 13.0 Å². The zero-order valence-electron chi connectivity index (χ0n) is 9.78. The van der Waals surface area contributed by atoms with Crippen molar-refractivity contribution in [1.82, 2.24) is 9.78 Å². The Labute approximate surface area is 90.2 Å². The van der Waals surface area contributed by atoms with E-state index in [0.717, 1.165) is 11.4 Å². The molecule has 0 radical (unpaired) electrons. The van der Waals surface area contributed by atoms with E-state index in [2.05, 4.69) is 5.10 Å². The van der Waals surface area contributed by atoms with Gasteiger partial charge in [-0.25, -0.2) is 4.79 Å². The van der Waals surface area contributed by atoms with Crippen molar-refractivity contribution in [2.24, 2.45) is 0 Å². The molecule has 1 atom stereocenters. The Hall–Kier alpha value is -1.32. The Morgan fingerprint density at radius 3 is 2.60 bits per heavy atom. The number of esters is 1. The second kappa shape index (κ2) is 4.96. The van der Waals surface area contributed by atoms with Crippen LogP contribution in [0.25, 0.3) is 0 Å². The van der Waals surface area contributed by atoms with Crippen LogP contribution in [0.15, 0.2) is 6.07 Å². The molecule has 4 heteroatoms. The number of carbonyl (C=O) groups is 1. The Kier molecular flexibility index (Phi) is 3.88. The molecule has 84 valence electrons. The molecule has 1 aromatic rings. The Bertz CT molecular complexity index is 344. The highest BCUT2D eigenvalue weighted by Gasteiger charge is 2.21. The summed E-state index contributed by atoms with van der Waals surface area (Å²) in [6.07, 6.45) is 0.695. The van der Waals surface area contributed by atoms with E-state index >= 15 is 0 Å². The summed E-state index contributed by atoms with van der Waals surface area (Å²) in [6, 6.07) is 1.67. The Balaban J connectivity index is 2.91. The van der Waals surface area contributed by atoms with Crippen LogP contribution in [-0.4, -0.2) is 22.4 Å². The van der Waals surface area contributed by atoms with E-state index < -0.39 is 0 Å². The average Bonchev–Trinajstić information content (AvgIpc) is 2.47. The monoisotopic (exact) mass is 210 g/mol. The summed E-state index contributed by atoms with van der Waals surface area (Å²) in [5, 5.41) is 4.30. The van der Waals surface area contributed by atoms with Gasteiger partial charge in [0.25, 0.3) is 0 Å². The third-order valence-electron chi connectivity index (χ3n) is 2.29. The molecule has 15 heavy (non-hydrogen) atoms. The molecule has 1 aromatic heterocycles. The van der Waals surface area contributed by atoms with Crippen molar-refractivity contribution < 1.29 is 9.53 Å². The molecular weight excluding hydrogens is 192 g/mol. The maximum absolute atomic E-state index is 11.7. The van der Waals surface area contributed by atoms with Crippen LogP contribution in [0.3, 0.4) is 0 Å². The summed E-state index contributed by atoms with van der Waals surface area (Å²) in [5.74, 6) is -0.203. The first kappa shape index (κ1) is 11.8. The van der Waals surface area contributed by atoms with Gasteiger partial charge in [0, 0.05) is 5.69 Å². The third kappa shape index (κ3) is 2.58. The van der Waals surface area contributed by atoms with Gasteiger partial charge in [0.05, 0.1) is 12.3 Å². The molecule has 1 heterocycles. The normalized spacial score (nSPS) is 12.5. The number of hydrogen-bond donors (Lipinski definition) is 0. The molecule has 0 aromatic carbocycles. The third-order valence-corrected chi connectivity index (χ3v) is 2.29. The molecule has 0 bridgehead atoms. The maximum atomic E-state index is 11.7. The first-order valence-electron chi connectivity index (χ1n) is 5.29. The van der Waals surface area contributed by atoms with Gasteiger partial charge >= 0.3 is 5.97 Å². The number of ether oxygens (including phenoxy) is 1. The molecule has 0 aliphatic carbocycles. The highest BCUT2D eigenvalue weighted by molar-refractivity contribution is 5.74. The smallest absolute Gasteiger partial charge is 0.330 e. The molecule has 1 unspecified atom stereocenters. The molecule has 0 fully saturated rings. The summed E-state index contributed by atoms with van der Waals surface area (Å²) in [5.41, 5.74) is 1.92. The standard InChI is InChI=1S/C11H18N2O2/c1-5-10(11(14)15-6-2)13-9(4)7-8(3)12-13/h7,10H,5-6H2,1-4H3. The molecule has 0 aliphatic rings. The van der Waals surface area contributed by atoms with Crippen molar-refractivity contribution >= 4 is 5.97 Å². The summed E-state index contributed by atoms with van der Waals surface area (Å²) >= 11 is 0. The summed E-state index contributed by atoms with van der Waals surface area (Å²) in [7, 11) is 0. The largest absolute Gasteiger partial charge is 0.464 e. The van der Waals surface area contributed by atoms with Gasteiger partial charge in [-0.3, -0.25) is 4.68 Å². The van der Waals surface area contributed by atoms with Gasteiger partial charge in [0.1, 0.15) is 6.04 Å². The van der Waals surface area contributed by atoms with Crippen LogP contribution in [0, 0.1) is 13.8 Å². The SMILES string of the molecule is CCOC(=O)C(CC)n1nc(C)cc1C. The number of hydrogen-bond acceptors (Lipinski definition) is 3. The van der Waals surface area contributed by atoms with E-state index in [1.54, 1.807) is 4.68 Å². The van der Waals surface area contributed by atoms with Crippen LogP contribution in [0.2, 0.25) is 0 Å². The lowest BCUT2D eigenvalue weighted by Gasteiger charge is -2.15. The second-order valence-electron chi connectivity index (χ2n) is 3.55. The van der Waals surface area contributed by atoms with Gasteiger partial charge in [-0.05, 0) is 33.3 Å². The lowest BCUT2D eigenvalue weighted by atomic mass is 10.2. The van der Waals surface area contributed by atoms with Crippen molar-refractivity contribution in [3.63, 3.8) is 0 Å². The first-order valence-corrected chi connectivity index (χ1v) is 5.29. The molecule has 0 spiro atoms. The molecule has 0 saturated carbocycles. The summed E-state index contributed by atoms with van der Waals surface area (Å²) in [6.45, 7) is 8.04. The van der Waals surface area contributed by atoms with E-state index in [1.165, 1.54) is 0 Å². The number of nitrogens with zero attached hydrogens (tertiary/aromatic N) is 2. The van der Waals surface area contributed by atoms with Gasteiger partial charge in [-0.15, -0.1) is 0 Å². The van der Waals surface area contributed by atoms with Gasteiger partial charge in [0.2, 0.25) is 0 Å². The van der Waals surface area contributed by atoms with Crippen molar-refractivity contribution in [3.8, 4) is 0 Å². The van der Waals surface area contributed by atoms with E-state index in [1.807, 2.05) is 33.8 Å². The fourth-order valence-electron chi connectivity index (χ4n) is 1.64. The number of rotatable bonds is 4. The minimum absolute atomic E-state index is 0.203.